The number of ether oxygens (including phenoxy) is 1. The van der Waals surface area contributed by atoms with Gasteiger partial charge >= 0.3 is 6.73 Å². The molecule has 0 fully saturated rings. The predicted octanol–water partition coefficient (Wildman–Crippen LogP) is 3.86. The zero-order chi connectivity index (χ0) is 17.7. The summed E-state index contributed by atoms with van der Waals surface area (Å²) in [4.78, 5) is 3.01. The Morgan fingerprint density at radius 2 is 1.91 bits per heavy atom. The minimum atomic E-state index is -1.58. The van der Waals surface area contributed by atoms with Crippen LogP contribution in [0.1, 0.15) is 33.3 Å². The summed E-state index contributed by atoms with van der Waals surface area (Å²) in [6.07, 6.45) is -1.58. The lowest BCUT2D eigenvalue weighted by Crippen LogP contribution is -2.45. The maximum Gasteiger partial charge on any atom is 0.318 e. The van der Waals surface area contributed by atoms with Crippen LogP contribution >= 0.6 is 0 Å². The van der Waals surface area contributed by atoms with E-state index in [1.165, 1.54) is 18.2 Å². The van der Waals surface area contributed by atoms with Gasteiger partial charge in [0.25, 0.3) is 0 Å². The van der Waals surface area contributed by atoms with E-state index < -0.39 is 33.0 Å². The quantitative estimate of drug-likeness (QED) is 0.556. The van der Waals surface area contributed by atoms with Crippen LogP contribution in [0.15, 0.2) is 24.3 Å². The van der Waals surface area contributed by atoms with Crippen molar-refractivity contribution in [1.82, 2.24) is 0 Å². The fraction of sp³-hybridized carbons (Fsp3) is 0.588. The molecule has 0 radical (unpaired) electrons. The van der Waals surface area contributed by atoms with E-state index in [1.807, 2.05) is 0 Å². The van der Waals surface area contributed by atoms with Crippen LogP contribution in [0.25, 0.3) is 4.85 Å². The van der Waals surface area contributed by atoms with E-state index in [0.29, 0.717) is 0 Å². The van der Waals surface area contributed by atoms with Gasteiger partial charge in [0.15, 0.2) is 0 Å². The smallest absolute Gasteiger partial charge is 0.310 e. The van der Waals surface area contributed by atoms with E-state index in [0.717, 1.165) is 0 Å². The van der Waals surface area contributed by atoms with Crippen molar-refractivity contribution in [1.29, 1.82) is 0 Å². The number of alkyl halides is 1. The van der Waals surface area contributed by atoms with Crippen LogP contribution in [0.5, 0.6) is 0 Å². The third-order valence-electron chi connectivity index (χ3n) is 3.71. The Hall–Kier alpha value is -1.32. The number of rotatable bonds is 7. The summed E-state index contributed by atoms with van der Waals surface area (Å²) in [5, 5.41) is 0. The van der Waals surface area contributed by atoms with Crippen molar-refractivity contribution in [2.75, 3.05) is 19.1 Å². The highest BCUT2D eigenvalue weighted by molar-refractivity contribution is 7.86. The summed E-state index contributed by atoms with van der Waals surface area (Å²) < 4.78 is 46.0. The first-order valence-corrected chi connectivity index (χ1v) is 8.63. The molecule has 0 N–H and O–H groups in total. The van der Waals surface area contributed by atoms with E-state index in [1.54, 1.807) is 33.8 Å². The molecule has 0 aliphatic rings. The first kappa shape index (κ1) is 19.7. The van der Waals surface area contributed by atoms with Gasteiger partial charge in [-0.25, -0.2) is 15.4 Å². The summed E-state index contributed by atoms with van der Waals surface area (Å²) in [6.45, 7) is 13.0. The first-order chi connectivity index (χ1) is 10.6. The summed E-state index contributed by atoms with van der Waals surface area (Å²) in [7, 11) is -1.37. The number of halogens is 2. The van der Waals surface area contributed by atoms with Gasteiger partial charge in [0.1, 0.15) is 12.0 Å². The highest BCUT2D eigenvalue weighted by Crippen LogP contribution is 2.35. The molecule has 0 amide bonds. The monoisotopic (exact) mass is 343 g/mol. The van der Waals surface area contributed by atoms with Gasteiger partial charge in [-0.1, -0.05) is 25.1 Å². The number of hydrogen-bond acceptors (Lipinski definition) is 2. The molecule has 1 aromatic rings. The molecule has 1 aromatic carbocycles. The highest BCUT2D eigenvalue weighted by Gasteiger charge is 2.42. The van der Waals surface area contributed by atoms with Gasteiger partial charge in [-0.3, -0.25) is 9.05 Å². The van der Waals surface area contributed by atoms with Crippen molar-refractivity contribution >= 4 is 10.8 Å². The average Bonchev–Trinajstić information content (AvgIpc) is 2.46. The van der Waals surface area contributed by atoms with Crippen molar-refractivity contribution in [2.45, 2.75) is 44.0 Å². The molecule has 128 valence electrons. The third-order valence-corrected chi connectivity index (χ3v) is 5.94. The number of benzene rings is 1. The summed E-state index contributed by atoms with van der Waals surface area (Å²) in [6, 6.07) is 5.93. The van der Waals surface area contributed by atoms with Crippen molar-refractivity contribution < 1.29 is 17.7 Å². The van der Waals surface area contributed by atoms with Crippen LogP contribution in [0.2, 0.25) is 0 Å². The normalized spacial score (nSPS) is 17.1. The molecule has 0 bridgehead atoms. The zero-order valence-corrected chi connectivity index (χ0v) is 14.8. The molecule has 1 rings (SSSR count). The highest BCUT2D eigenvalue weighted by atomic mass is 32.2. The van der Waals surface area contributed by atoms with Gasteiger partial charge in [0, 0.05) is 26.7 Å². The Morgan fingerprint density at radius 3 is 2.43 bits per heavy atom. The minimum absolute atomic E-state index is 0.0278. The van der Waals surface area contributed by atoms with Crippen LogP contribution in [0.3, 0.4) is 0 Å². The second kappa shape index (κ2) is 7.98. The molecule has 0 aliphatic heterocycles. The van der Waals surface area contributed by atoms with Gasteiger partial charge < -0.3 is 4.74 Å². The van der Waals surface area contributed by atoms with Crippen molar-refractivity contribution in [3.8, 4) is 0 Å². The summed E-state index contributed by atoms with van der Waals surface area (Å²) in [5.74, 6) is -0.561. The van der Waals surface area contributed by atoms with Gasteiger partial charge in [0.05, 0.1) is 6.61 Å². The molecule has 0 saturated heterocycles. The molecular weight excluding hydrogens is 320 g/mol. The Labute approximate surface area is 139 Å². The second-order valence-corrected chi connectivity index (χ2v) is 8.83. The lowest BCUT2D eigenvalue weighted by Gasteiger charge is -2.35. The zero-order valence-electron chi connectivity index (χ0n) is 13.9. The Morgan fingerprint density at radius 1 is 1.30 bits per heavy atom. The van der Waals surface area contributed by atoms with Gasteiger partial charge in [-0.15, -0.1) is 0 Å². The molecule has 3 atom stereocenters. The minimum Gasteiger partial charge on any atom is -0.310 e. The summed E-state index contributed by atoms with van der Waals surface area (Å²) in [5.41, 5.74) is -1.12. The average molecular weight is 343 g/mol. The number of nitrogens with zero attached hydrogens (tertiary/aromatic N) is 1. The molecule has 0 aromatic heterocycles. The molecule has 0 spiro atoms. The Kier molecular flexibility index (Phi) is 6.84. The largest absolute Gasteiger partial charge is 0.318 e. The lowest BCUT2D eigenvalue weighted by atomic mass is 9.80. The van der Waals surface area contributed by atoms with Crippen molar-refractivity contribution in [2.24, 2.45) is 0 Å². The van der Waals surface area contributed by atoms with E-state index in [4.69, 9.17) is 11.3 Å². The predicted molar refractivity (Wildman–Crippen MR) is 88.8 cm³/mol. The van der Waals surface area contributed by atoms with Crippen molar-refractivity contribution in [3.63, 3.8) is 0 Å². The topological polar surface area (TPSA) is 30.7 Å². The van der Waals surface area contributed by atoms with Crippen LogP contribution in [-0.4, -0.2) is 34.2 Å². The molecule has 0 unspecified atom stereocenters. The van der Waals surface area contributed by atoms with Gasteiger partial charge in [0.2, 0.25) is 0 Å². The molecule has 0 heterocycles. The van der Waals surface area contributed by atoms with Crippen molar-refractivity contribution in [3.05, 3.63) is 47.1 Å². The lowest BCUT2D eigenvalue weighted by molar-refractivity contribution is 0.0642. The van der Waals surface area contributed by atoms with Crippen LogP contribution in [-0.2, 0) is 21.0 Å². The van der Waals surface area contributed by atoms with E-state index in [9.17, 15) is 13.0 Å². The maximum absolute atomic E-state index is 14.9. The molecular formula is C17H23F2NO2S. The fourth-order valence-electron chi connectivity index (χ4n) is 2.14. The molecule has 23 heavy (non-hydrogen) atoms. The third kappa shape index (κ3) is 5.08. The Bertz CT molecular complexity index is 595. The van der Waals surface area contributed by atoms with Crippen LogP contribution in [0, 0.1) is 12.4 Å². The van der Waals surface area contributed by atoms with Crippen LogP contribution < -0.4 is 0 Å². The van der Waals surface area contributed by atoms with E-state index in [-0.39, 0.29) is 24.7 Å². The second-order valence-electron chi connectivity index (χ2n) is 6.63. The molecule has 3 nitrogen and oxygen atoms in total. The Balaban J connectivity index is 3.17. The molecule has 0 saturated carbocycles. The SMILES string of the molecule is [C-]#[N+]COC[C@H](F)[C@](C)(C[S@](=O)C(C)(C)C)c1ccccc1F. The molecule has 0 aliphatic carbocycles. The standard InChI is InChI=1S/C17H23F2NO2S/c1-16(2,3)23(21)11-17(4,15(19)10-22-12-20-5)13-8-6-7-9-14(13)18/h6-9,15H,10-12H2,1-4H3/t15-,17+,23-/m0/s1. The summed E-state index contributed by atoms with van der Waals surface area (Å²) >= 11 is 0. The fourth-order valence-corrected chi connectivity index (χ4v) is 3.45. The van der Waals surface area contributed by atoms with Gasteiger partial charge in [-0.05, 0) is 32.4 Å². The maximum atomic E-state index is 14.9. The van der Waals surface area contributed by atoms with Gasteiger partial charge in [-0.2, -0.15) is 0 Å². The van der Waals surface area contributed by atoms with E-state index in [2.05, 4.69) is 4.85 Å². The number of hydrogen-bond donors (Lipinski definition) is 0. The molecule has 6 heteroatoms. The van der Waals surface area contributed by atoms with E-state index >= 15 is 0 Å². The van der Waals surface area contributed by atoms with Crippen LogP contribution in [0.4, 0.5) is 8.78 Å². The first-order valence-electron chi connectivity index (χ1n) is 7.31.